The number of carbonyl (C=O) groups excluding carboxylic acids is 8. The minimum atomic E-state index is -2.28. The Morgan fingerprint density at radius 2 is 1.81 bits per heavy atom. The van der Waals surface area contributed by atoms with Crippen molar-refractivity contribution in [3.05, 3.63) is 35.0 Å². The van der Waals surface area contributed by atoms with Crippen molar-refractivity contribution in [3.8, 4) is 11.5 Å². The van der Waals surface area contributed by atoms with Crippen molar-refractivity contribution in [3.63, 3.8) is 0 Å². The number of hydrogen-bond donors (Lipinski definition) is 3. The first-order valence-electron chi connectivity index (χ1n) is 15.8. The number of piperazine rings is 1. The molecule has 5 rings (SSSR count). The molecule has 0 aliphatic carbocycles. The molecular weight excluding hydrogens is 757 g/mol. The molecule has 1 unspecified atom stereocenters. The van der Waals surface area contributed by atoms with Crippen molar-refractivity contribution < 1.29 is 57.7 Å². The lowest BCUT2D eigenvalue weighted by molar-refractivity contribution is -0.178. The van der Waals surface area contributed by atoms with Gasteiger partial charge >= 0.3 is 29.7 Å². The highest BCUT2D eigenvalue weighted by molar-refractivity contribution is 8.01. The summed E-state index contributed by atoms with van der Waals surface area (Å²) < 4.78 is 11.7. The highest BCUT2D eigenvalue weighted by Crippen LogP contribution is 2.46. The van der Waals surface area contributed by atoms with Gasteiger partial charge in [-0.05, 0) is 40.6 Å². The average molecular weight is 789 g/mol. The zero-order valence-corrected chi connectivity index (χ0v) is 30.5. The lowest BCUT2D eigenvalue weighted by atomic mass is 9.94. The molecule has 3 aliphatic rings. The van der Waals surface area contributed by atoms with Crippen LogP contribution in [0.15, 0.2) is 34.6 Å². The first-order chi connectivity index (χ1) is 25.7. The zero-order valence-electron chi connectivity index (χ0n) is 28.9. The first-order valence-corrected chi connectivity index (χ1v) is 17.9. The third-order valence-electron chi connectivity index (χ3n) is 8.28. The van der Waals surface area contributed by atoms with Gasteiger partial charge in [-0.3, -0.25) is 43.3 Å². The molecule has 24 heteroatoms. The van der Waals surface area contributed by atoms with Gasteiger partial charge in [-0.15, -0.1) is 16.9 Å². The molecule has 4 heterocycles. The van der Waals surface area contributed by atoms with E-state index in [1.54, 1.807) is 14.0 Å². The summed E-state index contributed by atoms with van der Waals surface area (Å²) in [4.78, 5) is 118. The van der Waals surface area contributed by atoms with E-state index in [4.69, 9.17) is 9.47 Å². The molecule has 286 valence electrons. The Kier molecular flexibility index (Phi) is 11.5. The van der Waals surface area contributed by atoms with E-state index >= 15 is 0 Å². The number of esters is 2. The summed E-state index contributed by atoms with van der Waals surface area (Å²) in [6, 6.07) is 1.50. The van der Waals surface area contributed by atoms with Crippen molar-refractivity contribution in [1.29, 1.82) is 0 Å². The van der Waals surface area contributed by atoms with E-state index in [9.17, 15) is 48.3 Å². The van der Waals surface area contributed by atoms with Gasteiger partial charge in [-0.2, -0.15) is 0 Å². The van der Waals surface area contributed by atoms with Crippen molar-refractivity contribution in [2.45, 2.75) is 43.0 Å². The summed E-state index contributed by atoms with van der Waals surface area (Å²) in [5, 5.41) is 26.6. The number of nitrogens with one attached hydrogen (secondary N) is 2. The molecule has 0 saturated carbocycles. The van der Waals surface area contributed by atoms with E-state index in [0.717, 1.165) is 59.4 Å². The Labute approximate surface area is 313 Å². The number of amides is 6. The number of nitrogens with zero attached hydrogens (tertiary/aromatic N) is 8. The fourth-order valence-electron chi connectivity index (χ4n) is 5.90. The number of carbonyl (C=O) groups is 9. The molecule has 2 saturated heterocycles. The number of likely N-dealkylation sites (N-methyl/N-ethyl adjacent to an activating group) is 1. The number of rotatable bonds is 15. The van der Waals surface area contributed by atoms with Crippen LogP contribution in [0.25, 0.3) is 0 Å². The third-order valence-corrected chi connectivity index (χ3v) is 10.8. The number of aromatic nitrogens is 4. The second-order valence-corrected chi connectivity index (χ2v) is 13.6. The molecule has 22 nitrogen and oxygen atoms in total. The van der Waals surface area contributed by atoms with Crippen LogP contribution in [-0.4, -0.2) is 142 Å². The molecule has 54 heavy (non-hydrogen) atoms. The molecule has 0 spiro atoms. The lowest BCUT2D eigenvalue weighted by Crippen LogP contribution is -2.85. The standard InChI is InChI=1S/C30H32N10O12S2/c1-5-37-8-9-38(25(47)24(37)46)39(14-42)21(17-6-7-19(51-15(2)43)20(10-17)52-16(3)44)23(45)32-30(31-13-41)27(50)40-22(26(48)49)18(11-53-28(30)40)12-54-29-33-34-35-36(29)4/h6-7,10,13-14,21,28H,5,8-9,11-12H2,1-4H3,(H,31,41)(H,32,45)(H,48,49)/t21?,28-,30+/m0/s1. The Balaban J connectivity index is 1.55. The predicted molar refractivity (Wildman–Crippen MR) is 181 cm³/mol. The molecule has 0 radical (unpaired) electrons. The number of hydrogen-bond acceptors (Lipinski definition) is 16. The fourth-order valence-corrected chi connectivity index (χ4v) is 8.32. The lowest BCUT2D eigenvalue weighted by Gasteiger charge is -2.56. The van der Waals surface area contributed by atoms with Crippen molar-refractivity contribution in [2.75, 3.05) is 31.1 Å². The number of carboxylic acids is 1. The van der Waals surface area contributed by atoms with Crippen molar-refractivity contribution in [1.82, 2.24) is 50.7 Å². The van der Waals surface area contributed by atoms with Crippen LogP contribution in [0.1, 0.15) is 32.4 Å². The fraction of sp³-hybridized carbons (Fsp3) is 0.400. The van der Waals surface area contributed by atoms with Gasteiger partial charge in [-0.25, -0.2) is 19.5 Å². The van der Waals surface area contributed by atoms with Gasteiger partial charge in [0.15, 0.2) is 17.5 Å². The third kappa shape index (κ3) is 7.28. The van der Waals surface area contributed by atoms with Gasteiger partial charge in [0, 0.05) is 45.5 Å². The molecule has 3 atom stereocenters. The minimum absolute atomic E-state index is 0.0231. The Morgan fingerprint density at radius 3 is 2.41 bits per heavy atom. The largest absolute Gasteiger partial charge is 0.477 e. The molecule has 1 aromatic carbocycles. The second kappa shape index (κ2) is 15.9. The van der Waals surface area contributed by atoms with Crippen LogP contribution in [-0.2, 0) is 50.2 Å². The van der Waals surface area contributed by atoms with Gasteiger partial charge in [0.25, 0.3) is 11.8 Å². The maximum atomic E-state index is 14.5. The van der Waals surface area contributed by atoms with E-state index in [1.165, 1.54) is 15.6 Å². The SMILES string of the molecule is CCN1CCN(N(C=O)C(C(=O)N[C@]2(NC=O)C(=O)N3C(C(=O)O)=C(CSc4nnnn4C)CS[C@H]32)c2ccc(OC(C)=O)c(OC(C)=O)c2)C(=O)C1=O. The summed E-state index contributed by atoms with van der Waals surface area (Å²) >= 11 is 2.14. The Bertz CT molecular complexity index is 1970. The van der Waals surface area contributed by atoms with E-state index in [0.29, 0.717) is 15.7 Å². The Morgan fingerprint density at radius 1 is 1.11 bits per heavy atom. The maximum absolute atomic E-state index is 14.5. The normalized spacial score (nSPS) is 20.0. The van der Waals surface area contributed by atoms with Gasteiger partial charge in [0.1, 0.15) is 11.1 Å². The molecule has 3 N–H and O–H groups in total. The Hall–Kier alpha value is -6.04. The summed E-state index contributed by atoms with van der Waals surface area (Å²) in [5.41, 5.74) is -2.52. The van der Waals surface area contributed by atoms with Gasteiger partial charge in [-0.1, -0.05) is 17.8 Å². The van der Waals surface area contributed by atoms with Crippen molar-refractivity contribution in [2.24, 2.45) is 7.05 Å². The zero-order chi connectivity index (χ0) is 39.5. The summed E-state index contributed by atoms with van der Waals surface area (Å²) in [5.74, 6) is -8.02. The van der Waals surface area contributed by atoms with E-state index in [2.05, 4.69) is 26.2 Å². The average Bonchev–Trinajstić information content (AvgIpc) is 3.54. The number of aliphatic carboxylic acids is 1. The highest BCUT2D eigenvalue weighted by atomic mass is 32.2. The van der Waals surface area contributed by atoms with Crippen LogP contribution in [0, 0.1) is 0 Å². The number of fused-ring (bicyclic) bond motifs is 1. The molecule has 0 bridgehead atoms. The van der Waals surface area contributed by atoms with E-state index in [1.807, 2.05) is 0 Å². The maximum Gasteiger partial charge on any atom is 0.352 e. The van der Waals surface area contributed by atoms with E-state index < -0.39 is 58.6 Å². The van der Waals surface area contributed by atoms with Crippen LogP contribution in [0.2, 0.25) is 0 Å². The number of ether oxygens (including phenoxy) is 2. The van der Waals surface area contributed by atoms with Crippen molar-refractivity contribution >= 4 is 77.9 Å². The van der Waals surface area contributed by atoms with Crippen LogP contribution in [0.5, 0.6) is 11.5 Å². The quantitative estimate of drug-likeness (QED) is 0.0328. The minimum Gasteiger partial charge on any atom is -0.477 e. The van der Waals surface area contributed by atoms with Gasteiger partial charge in [0.2, 0.25) is 23.6 Å². The summed E-state index contributed by atoms with van der Waals surface area (Å²) in [6.45, 7) is 3.67. The molecule has 1 aromatic heterocycles. The van der Waals surface area contributed by atoms with Crippen LogP contribution in [0.4, 0.5) is 0 Å². The van der Waals surface area contributed by atoms with Gasteiger partial charge < -0.3 is 30.1 Å². The second-order valence-electron chi connectivity index (χ2n) is 11.6. The number of thioether (sulfide) groups is 2. The summed E-state index contributed by atoms with van der Waals surface area (Å²) in [7, 11) is 1.59. The number of tetrazole rings is 1. The summed E-state index contributed by atoms with van der Waals surface area (Å²) in [6.07, 6.45) is 0.215. The van der Waals surface area contributed by atoms with Crippen LogP contribution < -0.4 is 20.1 Å². The smallest absolute Gasteiger partial charge is 0.352 e. The molecule has 2 fully saturated rings. The molecule has 6 amide bonds. The monoisotopic (exact) mass is 788 g/mol. The number of hydrazine groups is 1. The number of carboxylic acid groups (broad SMARTS) is 1. The van der Waals surface area contributed by atoms with E-state index in [-0.39, 0.29) is 66.7 Å². The molecule has 2 aromatic rings. The molecular formula is C30H32N10O12S2. The number of benzene rings is 1. The number of aryl methyl sites for hydroxylation is 1. The highest BCUT2D eigenvalue weighted by Gasteiger charge is 2.66. The van der Waals surface area contributed by atoms with Crippen LogP contribution in [0.3, 0.4) is 0 Å². The predicted octanol–water partition coefficient (Wildman–Crippen LogP) is -2.23. The topological polar surface area (TPSA) is 273 Å². The van der Waals surface area contributed by atoms with Gasteiger partial charge in [0.05, 0.1) is 6.54 Å². The van der Waals surface area contributed by atoms with Crippen LogP contribution >= 0.6 is 23.5 Å². The first kappa shape index (κ1) is 39.2. The number of β-lactam (4-membered cyclic amide) rings is 1. The molecule has 3 aliphatic heterocycles.